The van der Waals surface area contributed by atoms with E-state index in [4.69, 9.17) is 11.6 Å². The van der Waals surface area contributed by atoms with Crippen LogP contribution >= 0.6 is 11.6 Å². The number of nitrogens with zero attached hydrogens (tertiary/aromatic N) is 3. The lowest BCUT2D eigenvalue weighted by molar-refractivity contribution is -0.123. The average Bonchev–Trinajstić information content (AvgIpc) is 3.31. The first kappa shape index (κ1) is 25.0. The summed E-state index contributed by atoms with van der Waals surface area (Å²) in [5, 5.41) is 15.5. The highest BCUT2D eigenvalue weighted by Crippen LogP contribution is 2.36. The number of rotatable bonds is 7. The van der Waals surface area contributed by atoms with Crippen molar-refractivity contribution in [3.63, 3.8) is 0 Å². The van der Waals surface area contributed by atoms with Crippen molar-refractivity contribution >= 4 is 40.0 Å². The highest BCUT2D eigenvalue weighted by Gasteiger charge is 2.42. The third-order valence-corrected chi connectivity index (χ3v) is 7.42. The monoisotopic (exact) mass is 496 g/mol. The minimum Gasteiger partial charge on any atom is -0.361 e. The van der Waals surface area contributed by atoms with Gasteiger partial charge in [0.15, 0.2) is 11.6 Å². The zero-order chi connectivity index (χ0) is 25.7. The van der Waals surface area contributed by atoms with Gasteiger partial charge in [-0.05, 0) is 48.4 Å². The van der Waals surface area contributed by atoms with Crippen LogP contribution in [0.1, 0.15) is 61.7 Å². The molecule has 9 heteroatoms. The second-order valence-corrected chi connectivity index (χ2v) is 10.9. The summed E-state index contributed by atoms with van der Waals surface area (Å²) >= 11 is 6.49. The number of carbonyl (C=O) groups excluding carboxylic acids is 2. The second-order valence-electron chi connectivity index (χ2n) is 10.5. The van der Waals surface area contributed by atoms with E-state index in [0.29, 0.717) is 35.2 Å². The van der Waals surface area contributed by atoms with E-state index in [1.807, 2.05) is 27.0 Å². The molecule has 1 saturated carbocycles. The van der Waals surface area contributed by atoms with Gasteiger partial charge in [-0.3, -0.25) is 14.7 Å². The number of allylic oxidation sites excluding steroid dienone is 1. The molecule has 1 fully saturated rings. The van der Waals surface area contributed by atoms with Crippen LogP contribution in [0, 0.1) is 18.8 Å². The maximum absolute atomic E-state index is 13.0. The van der Waals surface area contributed by atoms with Crippen molar-refractivity contribution in [2.24, 2.45) is 18.9 Å². The molecule has 35 heavy (non-hydrogen) atoms. The van der Waals surface area contributed by atoms with Crippen LogP contribution in [-0.4, -0.2) is 37.5 Å². The lowest BCUT2D eigenvalue weighted by atomic mass is 9.68. The Hall–Kier alpha value is -3.13. The molecule has 0 saturated heterocycles. The number of hydrogen-bond acceptors (Lipinski definition) is 5. The fourth-order valence-electron chi connectivity index (χ4n) is 4.82. The summed E-state index contributed by atoms with van der Waals surface area (Å²) in [6.07, 6.45) is 2.00. The van der Waals surface area contributed by atoms with Crippen LogP contribution in [0.5, 0.6) is 0 Å². The first-order chi connectivity index (χ1) is 16.4. The van der Waals surface area contributed by atoms with Gasteiger partial charge in [-0.1, -0.05) is 45.9 Å². The van der Waals surface area contributed by atoms with Gasteiger partial charge < -0.3 is 15.2 Å². The van der Waals surface area contributed by atoms with Crippen molar-refractivity contribution in [3.05, 3.63) is 52.6 Å². The van der Waals surface area contributed by atoms with Crippen LogP contribution < -0.4 is 10.6 Å². The number of amides is 1. The fourth-order valence-corrected chi connectivity index (χ4v) is 5.27. The van der Waals surface area contributed by atoms with Gasteiger partial charge in [-0.2, -0.15) is 5.10 Å². The molecule has 0 bridgehead atoms. The summed E-state index contributed by atoms with van der Waals surface area (Å²) in [6, 6.07) is 3.93. The maximum Gasteiger partial charge on any atom is 0.270 e. The Kier molecular flexibility index (Phi) is 6.53. The third kappa shape index (κ3) is 4.59. The summed E-state index contributed by atoms with van der Waals surface area (Å²) in [4.78, 5) is 29.5. The van der Waals surface area contributed by atoms with E-state index < -0.39 is 0 Å². The molecule has 0 spiro atoms. The smallest absolute Gasteiger partial charge is 0.270 e. The Morgan fingerprint density at radius 2 is 2.06 bits per heavy atom. The molecule has 1 unspecified atom stereocenters. The Morgan fingerprint density at radius 3 is 2.69 bits per heavy atom. The number of anilines is 1. The van der Waals surface area contributed by atoms with E-state index >= 15 is 0 Å². The predicted octanol–water partition coefficient (Wildman–Crippen LogP) is 4.68. The Bertz CT molecular complexity index is 1320. The molecule has 186 valence electrons. The lowest BCUT2D eigenvalue weighted by Crippen LogP contribution is -2.53. The van der Waals surface area contributed by atoms with Gasteiger partial charge >= 0.3 is 0 Å². The largest absolute Gasteiger partial charge is 0.361 e. The number of aromatic amines is 1. The maximum atomic E-state index is 13.0. The van der Waals surface area contributed by atoms with Crippen molar-refractivity contribution < 1.29 is 9.59 Å². The van der Waals surface area contributed by atoms with Crippen LogP contribution in [0.25, 0.3) is 10.9 Å². The van der Waals surface area contributed by atoms with E-state index in [2.05, 4.69) is 59.2 Å². The summed E-state index contributed by atoms with van der Waals surface area (Å²) < 4.78 is 1.81. The molecule has 2 heterocycles. The van der Waals surface area contributed by atoms with E-state index in [9.17, 15) is 9.59 Å². The number of halogens is 1. The van der Waals surface area contributed by atoms with E-state index in [1.54, 1.807) is 4.57 Å². The number of ketones is 1. The molecule has 4 rings (SSSR count). The number of carbonyl (C=O) groups is 2. The number of H-pyrrole nitrogens is 1. The summed E-state index contributed by atoms with van der Waals surface area (Å²) in [7, 11) is 1.83. The van der Waals surface area contributed by atoms with Crippen molar-refractivity contribution in [1.82, 2.24) is 25.1 Å². The molecule has 3 N–H and O–H groups in total. The number of aromatic nitrogens is 4. The number of imidazole rings is 1. The van der Waals surface area contributed by atoms with Gasteiger partial charge in [-0.25, -0.2) is 4.98 Å². The number of aryl methyl sites for hydroxylation is 1. The van der Waals surface area contributed by atoms with Crippen molar-refractivity contribution in [1.29, 1.82) is 0 Å². The van der Waals surface area contributed by atoms with Crippen molar-refractivity contribution in [2.75, 3.05) is 5.32 Å². The van der Waals surface area contributed by atoms with Gasteiger partial charge in [0.25, 0.3) is 5.91 Å². The topological polar surface area (TPSA) is 105 Å². The molecule has 2 aromatic heterocycles. The second kappa shape index (κ2) is 9.15. The molecule has 0 aliphatic heterocycles. The predicted molar refractivity (Wildman–Crippen MR) is 139 cm³/mol. The third-order valence-electron chi connectivity index (χ3n) is 7.11. The Morgan fingerprint density at radius 1 is 1.34 bits per heavy atom. The van der Waals surface area contributed by atoms with E-state index in [1.165, 1.54) is 6.08 Å². The average molecular weight is 497 g/mol. The van der Waals surface area contributed by atoms with Gasteiger partial charge in [0.2, 0.25) is 0 Å². The molecule has 1 amide bonds. The Labute approximate surface area is 210 Å². The quantitative estimate of drug-likeness (QED) is 0.412. The highest BCUT2D eigenvalue weighted by molar-refractivity contribution is 6.32. The zero-order valence-corrected chi connectivity index (χ0v) is 21.9. The van der Waals surface area contributed by atoms with E-state index in [-0.39, 0.29) is 35.0 Å². The van der Waals surface area contributed by atoms with Gasteiger partial charge in [-0.15, -0.1) is 0 Å². The molecular weight excluding hydrogens is 464 g/mol. The fraction of sp³-hybridized carbons (Fsp3) is 0.462. The van der Waals surface area contributed by atoms with E-state index in [0.717, 1.165) is 22.3 Å². The summed E-state index contributed by atoms with van der Waals surface area (Å²) in [5.74, 6) is 1.29. The van der Waals surface area contributed by atoms with Gasteiger partial charge in [0, 0.05) is 29.4 Å². The molecule has 3 aromatic rings. The Balaban J connectivity index is 1.48. The first-order valence-corrected chi connectivity index (χ1v) is 12.2. The van der Waals surface area contributed by atoms with Gasteiger partial charge in [0.1, 0.15) is 11.5 Å². The standard InChI is InChI=1S/C26H33ClN6O2/c1-8-21(34)15-10-19(13(15)2)30-25(35)23-14(3)29-22(33(23)7)12-28-24-16-9-17(26(4,5)6)18(27)11-20(16)31-32-24/h8-9,11,13,15,19H,1,10,12H2,2-7H3,(H,30,35)(H2,28,31,32)/t13-,15?,19-/m1/s1. The molecular formula is C26H33ClN6O2. The van der Waals surface area contributed by atoms with Crippen LogP contribution in [0.4, 0.5) is 5.82 Å². The van der Waals surface area contributed by atoms with Crippen molar-refractivity contribution in [2.45, 2.75) is 59.0 Å². The highest BCUT2D eigenvalue weighted by atomic mass is 35.5. The number of hydrogen-bond donors (Lipinski definition) is 3. The zero-order valence-electron chi connectivity index (χ0n) is 21.1. The number of nitrogens with one attached hydrogen (secondary N) is 3. The van der Waals surface area contributed by atoms with Crippen LogP contribution in [0.15, 0.2) is 24.8 Å². The van der Waals surface area contributed by atoms with Crippen LogP contribution in [-0.2, 0) is 23.8 Å². The van der Waals surface area contributed by atoms with Gasteiger partial charge in [0.05, 0.1) is 17.8 Å². The molecule has 8 nitrogen and oxygen atoms in total. The number of fused-ring (bicyclic) bond motifs is 1. The first-order valence-electron chi connectivity index (χ1n) is 11.8. The SMILES string of the molecule is C=CC(=O)C1C[C@@H](NC(=O)c2c(C)nc(CNc3n[nH]c4cc(Cl)c(C(C)(C)C)cc34)n2C)[C@@H]1C. The normalized spacial score (nSPS) is 19.9. The van der Waals surface area contributed by atoms with Crippen LogP contribution in [0.3, 0.4) is 0 Å². The summed E-state index contributed by atoms with van der Waals surface area (Å²) in [6.45, 7) is 14.1. The lowest BCUT2D eigenvalue weighted by Gasteiger charge is -2.41. The number of benzene rings is 1. The molecule has 3 atom stereocenters. The summed E-state index contributed by atoms with van der Waals surface area (Å²) in [5.41, 5.74) is 2.97. The minimum atomic E-state index is -0.181. The molecule has 0 radical (unpaired) electrons. The molecule has 1 aliphatic rings. The molecule has 1 aromatic carbocycles. The van der Waals surface area contributed by atoms with Crippen LogP contribution in [0.2, 0.25) is 5.02 Å². The van der Waals surface area contributed by atoms with Crippen molar-refractivity contribution in [3.8, 4) is 0 Å². The minimum absolute atomic E-state index is 0.0356. The molecule has 1 aliphatic carbocycles.